The van der Waals surface area contributed by atoms with Crippen molar-refractivity contribution < 1.29 is 0 Å². The highest BCUT2D eigenvalue weighted by molar-refractivity contribution is 8.13. The molecule has 0 amide bonds. The van der Waals surface area contributed by atoms with Crippen LogP contribution in [0.5, 0.6) is 0 Å². The number of amidine groups is 1. The SMILES string of the molecule is c1nc(CCN=C2NC3CCCC3CS2)cs1. The summed E-state index contributed by atoms with van der Waals surface area (Å²) < 4.78 is 0. The van der Waals surface area contributed by atoms with Gasteiger partial charge in [-0.3, -0.25) is 4.99 Å². The van der Waals surface area contributed by atoms with Gasteiger partial charge in [0, 0.05) is 30.1 Å². The van der Waals surface area contributed by atoms with Gasteiger partial charge in [-0.05, 0) is 18.8 Å². The fraction of sp³-hybridized carbons (Fsp3) is 0.667. The molecule has 5 heteroatoms. The smallest absolute Gasteiger partial charge is 0.156 e. The standard InChI is InChI=1S/C12H17N3S2/c1-2-9-6-17-12(15-11(9)3-1)13-5-4-10-7-16-8-14-10/h7-9,11H,1-6H2,(H,13,15). The summed E-state index contributed by atoms with van der Waals surface area (Å²) in [5.41, 5.74) is 3.05. The summed E-state index contributed by atoms with van der Waals surface area (Å²) in [5.74, 6) is 2.14. The zero-order valence-electron chi connectivity index (χ0n) is 9.76. The predicted octanol–water partition coefficient (Wildman–Crippen LogP) is 2.55. The van der Waals surface area contributed by atoms with Gasteiger partial charge in [-0.2, -0.15) is 0 Å². The first-order valence-corrected chi connectivity index (χ1v) is 8.15. The number of nitrogens with one attached hydrogen (secondary N) is 1. The summed E-state index contributed by atoms with van der Waals surface area (Å²) in [4.78, 5) is 8.93. The number of thioether (sulfide) groups is 1. The van der Waals surface area contributed by atoms with Gasteiger partial charge in [-0.1, -0.05) is 18.2 Å². The molecule has 0 radical (unpaired) electrons. The second-order valence-corrected chi connectivity index (χ2v) is 6.40. The van der Waals surface area contributed by atoms with Crippen LogP contribution in [0.3, 0.4) is 0 Å². The Kier molecular flexibility index (Phi) is 3.66. The molecule has 1 aliphatic heterocycles. The van der Waals surface area contributed by atoms with Crippen LogP contribution in [0, 0.1) is 5.92 Å². The number of nitrogens with zero attached hydrogens (tertiary/aromatic N) is 2. The van der Waals surface area contributed by atoms with Gasteiger partial charge in [-0.25, -0.2) is 4.98 Å². The van der Waals surface area contributed by atoms with Crippen LogP contribution < -0.4 is 5.32 Å². The van der Waals surface area contributed by atoms with Crippen molar-refractivity contribution in [3.63, 3.8) is 0 Å². The summed E-state index contributed by atoms with van der Waals surface area (Å²) in [5, 5.41) is 6.85. The van der Waals surface area contributed by atoms with Crippen molar-refractivity contribution in [1.82, 2.24) is 10.3 Å². The lowest BCUT2D eigenvalue weighted by atomic mass is 10.1. The molecule has 2 heterocycles. The molecule has 2 fully saturated rings. The normalized spacial score (nSPS) is 30.2. The molecule has 1 saturated heterocycles. The fourth-order valence-electron chi connectivity index (χ4n) is 2.54. The van der Waals surface area contributed by atoms with Crippen molar-refractivity contribution in [2.75, 3.05) is 12.3 Å². The van der Waals surface area contributed by atoms with E-state index in [0.29, 0.717) is 6.04 Å². The third-order valence-corrected chi connectivity index (χ3v) is 5.26. The Morgan fingerprint density at radius 3 is 3.35 bits per heavy atom. The van der Waals surface area contributed by atoms with Crippen molar-refractivity contribution in [3.05, 3.63) is 16.6 Å². The largest absolute Gasteiger partial charge is 0.362 e. The molecule has 92 valence electrons. The Hall–Kier alpha value is -0.550. The van der Waals surface area contributed by atoms with Gasteiger partial charge in [0.25, 0.3) is 0 Å². The number of rotatable bonds is 3. The van der Waals surface area contributed by atoms with Crippen molar-refractivity contribution in [2.45, 2.75) is 31.7 Å². The minimum atomic E-state index is 0.703. The Labute approximate surface area is 110 Å². The molecule has 0 spiro atoms. The lowest BCUT2D eigenvalue weighted by Gasteiger charge is -2.28. The Balaban J connectivity index is 1.51. The van der Waals surface area contributed by atoms with E-state index in [1.807, 2.05) is 17.3 Å². The molecule has 1 aromatic rings. The second-order valence-electron chi connectivity index (χ2n) is 4.67. The van der Waals surface area contributed by atoms with Crippen LogP contribution in [0.2, 0.25) is 0 Å². The summed E-state index contributed by atoms with van der Waals surface area (Å²) in [6.45, 7) is 0.858. The average Bonchev–Trinajstić information content (AvgIpc) is 2.98. The van der Waals surface area contributed by atoms with Gasteiger partial charge in [0.2, 0.25) is 0 Å². The highest BCUT2D eigenvalue weighted by atomic mass is 32.2. The molecule has 2 atom stereocenters. The van der Waals surface area contributed by atoms with E-state index >= 15 is 0 Å². The number of aromatic nitrogens is 1. The monoisotopic (exact) mass is 267 g/mol. The maximum absolute atomic E-state index is 4.65. The lowest BCUT2D eigenvalue weighted by molar-refractivity contribution is 0.490. The van der Waals surface area contributed by atoms with Crippen LogP contribution in [-0.4, -0.2) is 28.5 Å². The number of fused-ring (bicyclic) bond motifs is 1. The third kappa shape index (κ3) is 2.83. The van der Waals surface area contributed by atoms with E-state index in [1.165, 1.54) is 30.7 Å². The minimum absolute atomic E-state index is 0.703. The molecule has 2 aliphatic rings. The van der Waals surface area contributed by atoms with Gasteiger partial charge in [0.1, 0.15) is 0 Å². The molecule has 0 aromatic carbocycles. The van der Waals surface area contributed by atoms with E-state index < -0.39 is 0 Å². The fourth-order valence-corrected chi connectivity index (χ4v) is 4.32. The van der Waals surface area contributed by atoms with E-state index in [2.05, 4.69) is 20.7 Å². The quantitative estimate of drug-likeness (QED) is 0.914. The highest BCUT2D eigenvalue weighted by Gasteiger charge is 2.31. The van der Waals surface area contributed by atoms with Gasteiger partial charge in [0.15, 0.2) is 5.17 Å². The molecular formula is C12H17N3S2. The van der Waals surface area contributed by atoms with Gasteiger partial charge < -0.3 is 5.32 Å². The van der Waals surface area contributed by atoms with Crippen LogP contribution in [-0.2, 0) is 6.42 Å². The Morgan fingerprint density at radius 2 is 2.47 bits per heavy atom. The molecule has 17 heavy (non-hydrogen) atoms. The maximum atomic E-state index is 4.65. The van der Waals surface area contributed by atoms with Crippen LogP contribution in [0.1, 0.15) is 25.0 Å². The first-order valence-electron chi connectivity index (χ1n) is 6.22. The van der Waals surface area contributed by atoms with E-state index in [9.17, 15) is 0 Å². The summed E-state index contributed by atoms with van der Waals surface area (Å²) in [7, 11) is 0. The van der Waals surface area contributed by atoms with Gasteiger partial charge >= 0.3 is 0 Å². The molecule has 3 rings (SSSR count). The number of aliphatic imine (C=N–C) groups is 1. The van der Waals surface area contributed by atoms with Crippen molar-refractivity contribution in [1.29, 1.82) is 0 Å². The first-order chi connectivity index (χ1) is 8.42. The Bertz CT molecular complexity index is 388. The minimum Gasteiger partial charge on any atom is -0.362 e. The third-order valence-electron chi connectivity index (χ3n) is 3.51. The van der Waals surface area contributed by atoms with E-state index in [-0.39, 0.29) is 0 Å². The molecule has 1 saturated carbocycles. The van der Waals surface area contributed by atoms with Crippen LogP contribution in [0.4, 0.5) is 0 Å². The Morgan fingerprint density at radius 1 is 1.47 bits per heavy atom. The highest BCUT2D eigenvalue weighted by Crippen LogP contribution is 2.32. The maximum Gasteiger partial charge on any atom is 0.156 e. The molecule has 1 N–H and O–H groups in total. The second kappa shape index (κ2) is 5.40. The molecule has 1 aromatic heterocycles. The summed E-state index contributed by atoms with van der Waals surface area (Å²) in [6.07, 6.45) is 5.07. The number of hydrogen-bond acceptors (Lipinski definition) is 4. The summed E-state index contributed by atoms with van der Waals surface area (Å²) >= 11 is 3.56. The molecule has 1 aliphatic carbocycles. The molecule has 0 bridgehead atoms. The zero-order chi connectivity index (χ0) is 11.5. The van der Waals surface area contributed by atoms with Gasteiger partial charge in [0.05, 0.1) is 11.2 Å². The molecule has 3 nitrogen and oxygen atoms in total. The predicted molar refractivity (Wildman–Crippen MR) is 74.8 cm³/mol. The van der Waals surface area contributed by atoms with Crippen molar-refractivity contribution in [2.24, 2.45) is 10.9 Å². The van der Waals surface area contributed by atoms with Crippen LogP contribution >= 0.6 is 23.1 Å². The molecular weight excluding hydrogens is 250 g/mol. The van der Waals surface area contributed by atoms with E-state index in [4.69, 9.17) is 0 Å². The van der Waals surface area contributed by atoms with Crippen LogP contribution in [0.25, 0.3) is 0 Å². The lowest BCUT2D eigenvalue weighted by Crippen LogP contribution is -2.41. The average molecular weight is 267 g/mol. The summed E-state index contributed by atoms with van der Waals surface area (Å²) in [6, 6.07) is 0.703. The zero-order valence-corrected chi connectivity index (χ0v) is 11.4. The first kappa shape index (κ1) is 11.5. The topological polar surface area (TPSA) is 37.3 Å². The van der Waals surface area contributed by atoms with Crippen LogP contribution in [0.15, 0.2) is 15.9 Å². The molecule has 2 unspecified atom stereocenters. The van der Waals surface area contributed by atoms with Crippen molar-refractivity contribution >= 4 is 28.3 Å². The number of hydrogen-bond donors (Lipinski definition) is 1. The van der Waals surface area contributed by atoms with Crippen molar-refractivity contribution in [3.8, 4) is 0 Å². The van der Waals surface area contributed by atoms with E-state index in [0.717, 1.165) is 24.1 Å². The number of thiazole rings is 1. The van der Waals surface area contributed by atoms with E-state index in [1.54, 1.807) is 11.3 Å². The van der Waals surface area contributed by atoms with Gasteiger partial charge in [-0.15, -0.1) is 11.3 Å².